The maximum Gasteiger partial charge on any atom is 0.266 e. The normalized spacial score (nSPS) is 11.0. The van der Waals surface area contributed by atoms with Crippen molar-refractivity contribution in [3.63, 3.8) is 0 Å². The molecule has 0 fully saturated rings. The zero-order valence-corrected chi connectivity index (χ0v) is 14.8. The third-order valence-electron chi connectivity index (χ3n) is 3.77. The number of amides is 1. The Balaban J connectivity index is 2.01. The van der Waals surface area contributed by atoms with Gasteiger partial charge in [-0.05, 0) is 63.4 Å². The Labute approximate surface area is 139 Å². The van der Waals surface area contributed by atoms with E-state index in [1.165, 1.54) is 11.3 Å². The summed E-state index contributed by atoms with van der Waals surface area (Å²) in [5.41, 5.74) is 4.95. The molecule has 1 amide bonds. The van der Waals surface area contributed by atoms with Gasteiger partial charge in [0.2, 0.25) is 0 Å². The molecule has 3 aromatic rings. The van der Waals surface area contributed by atoms with E-state index < -0.39 is 0 Å². The molecule has 0 aliphatic rings. The number of anilines is 1. The molecular weight excluding hydrogens is 306 g/mol. The molecule has 0 unspecified atom stereocenters. The van der Waals surface area contributed by atoms with Gasteiger partial charge >= 0.3 is 0 Å². The quantitative estimate of drug-likeness (QED) is 0.755. The summed E-state index contributed by atoms with van der Waals surface area (Å²) in [5, 5.41) is 3.99. The number of benzene rings is 1. The van der Waals surface area contributed by atoms with Crippen LogP contribution in [0.2, 0.25) is 0 Å². The summed E-state index contributed by atoms with van der Waals surface area (Å²) in [6, 6.07) is 6.04. The Bertz CT molecular complexity index is 907. The number of nitrogens with one attached hydrogen (secondary N) is 1. The third kappa shape index (κ3) is 2.97. The van der Waals surface area contributed by atoms with Crippen molar-refractivity contribution in [3.05, 3.63) is 51.3 Å². The lowest BCUT2D eigenvalue weighted by Crippen LogP contribution is -2.11. The summed E-state index contributed by atoms with van der Waals surface area (Å²) in [6.45, 7) is 9.84. The molecule has 0 radical (unpaired) electrons. The van der Waals surface area contributed by atoms with Gasteiger partial charge in [-0.3, -0.25) is 4.79 Å². The Hall–Kier alpha value is -2.27. The minimum absolute atomic E-state index is 0.0902. The second-order valence-corrected chi connectivity index (χ2v) is 6.92. The fourth-order valence-corrected chi connectivity index (χ4v) is 4.10. The average molecular weight is 325 g/mol. The van der Waals surface area contributed by atoms with Gasteiger partial charge in [0, 0.05) is 16.8 Å². The predicted octanol–water partition coefficient (Wildman–Crippen LogP) is 4.49. The van der Waals surface area contributed by atoms with Crippen LogP contribution < -0.4 is 5.32 Å². The van der Waals surface area contributed by atoms with Gasteiger partial charge in [0.25, 0.3) is 5.91 Å². The van der Waals surface area contributed by atoms with E-state index >= 15 is 0 Å². The number of thiophene rings is 1. The number of aromatic nitrogens is 2. The Morgan fingerprint density at radius 2 is 1.65 bits per heavy atom. The van der Waals surface area contributed by atoms with Crippen LogP contribution in [0.3, 0.4) is 0 Å². The fourth-order valence-electron chi connectivity index (χ4n) is 2.92. The summed E-state index contributed by atoms with van der Waals surface area (Å²) >= 11 is 1.42. The number of hydrogen-bond acceptors (Lipinski definition) is 4. The first-order valence-corrected chi connectivity index (χ1v) is 8.31. The highest BCUT2D eigenvalue weighted by atomic mass is 32.1. The lowest BCUT2D eigenvalue weighted by atomic mass is 10.1. The smallest absolute Gasteiger partial charge is 0.266 e. The highest BCUT2D eigenvalue weighted by Crippen LogP contribution is 2.31. The molecule has 2 heterocycles. The molecule has 0 saturated carbocycles. The Morgan fingerprint density at radius 1 is 1.00 bits per heavy atom. The van der Waals surface area contributed by atoms with Crippen molar-refractivity contribution < 1.29 is 4.79 Å². The van der Waals surface area contributed by atoms with Crippen molar-refractivity contribution in [2.24, 2.45) is 0 Å². The molecule has 0 bridgehead atoms. The number of carbonyl (C=O) groups excluding carboxylic acids is 1. The molecule has 0 aliphatic heterocycles. The maximum absolute atomic E-state index is 12.7. The van der Waals surface area contributed by atoms with Gasteiger partial charge in [-0.25, -0.2) is 9.97 Å². The number of aryl methyl sites for hydroxylation is 5. The highest BCUT2D eigenvalue weighted by Gasteiger charge is 2.18. The van der Waals surface area contributed by atoms with Crippen LogP contribution in [0.15, 0.2) is 18.2 Å². The number of rotatable bonds is 2. The van der Waals surface area contributed by atoms with Crippen LogP contribution in [0, 0.1) is 34.6 Å². The van der Waals surface area contributed by atoms with Gasteiger partial charge in [-0.1, -0.05) is 6.07 Å². The van der Waals surface area contributed by atoms with Crippen LogP contribution in [-0.2, 0) is 0 Å². The van der Waals surface area contributed by atoms with Gasteiger partial charge in [0.1, 0.15) is 10.7 Å². The van der Waals surface area contributed by atoms with Crippen LogP contribution in [0.25, 0.3) is 10.2 Å². The number of nitrogens with zero attached hydrogens (tertiary/aromatic N) is 2. The highest BCUT2D eigenvalue weighted by molar-refractivity contribution is 7.20. The van der Waals surface area contributed by atoms with Crippen molar-refractivity contribution in [3.8, 4) is 0 Å². The van der Waals surface area contributed by atoms with Crippen LogP contribution in [0.5, 0.6) is 0 Å². The predicted molar refractivity (Wildman–Crippen MR) is 95.5 cm³/mol. The van der Waals surface area contributed by atoms with Gasteiger partial charge in [-0.2, -0.15) is 0 Å². The van der Waals surface area contributed by atoms with Crippen molar-refractivity contribution in [1.29, 1.82) is 0 Å². The number of carbonyl (C=O) groups is 1. The van der Waals surface area contributed by atoms with Crippen LogP contribution in [-0.4, -0.2) is 15.9 Å². The van der Waals surface area contributed by atoms with Gasteiger partial charge < -0.3 is 5.32 Å². The van der Waals surface area contributed by atoms with Crippen LogP contribution in [0.4, 0.5) is 5.69 Å². The first kappa shape index (κ1) is 15.6. The Morgan fingerprint density at radius 3 is 2.30 bits per heavy atom. The van der Waals surface area contributed by atoms with Crippen molar-refractivity contribution in [2.75, 3.05) is 5.32 Å². The maximum atomic E-state index is 12.7. The molecule has 0 spiro atoms. The van der Waals surface area contributed by atoms with Crippen molar-refractivity contribution >= 4 is 33.1 Å². The standard InChI is InChI=1S/C18H19N3OS/c1-9-6-10(2)8-14(7-9)21-17(22)16-11(3)15-12(4)19-13(5)20-18(15)23-16/h6-8H,1-5H3,(H,21,22). The van der Waals surface area contributed by atoms with E-state index in [0.29, 0.717) is 4.88 Å². The van der Waals surface area contributed by atoms with Gasteiger partial charge in [0.05, 0.1) is 4.88 Å². The summed E-state index contributed by atoms with van der Waals surface area (Å²) < 4.78 is 0. The molecular formula is C18H19N3OS. The van der Waals surface area contributed by atoms with Crippen LogP contribution in [0.1, 0.15) is 37.9 Å². The zero-order chi connectivity index (χ0) is 16.7. The minimum atomic E-state index is -0.0902. The van der Waals surface area contributed by atoms with Crippen molar-refractivity contribution in [2.45, 2.75) is 34.6 Å². The summed E-state index contributed by atoms with van der Waals surface area (Å²) in [5.74, 6) is 0.644. The van der Waals surface area contributed by atoms with E-state index in [9.17, 15) is 4.79 Å². The monoisotopic (exact) mass is 325 g/mol. The lowest BCUT2D eigenvalue weighted by Gasteiger charge is -2.07. The van der Waals surface area contributed by atoms with Gasteiger partial charge in [0.15, 0.2) is 0 Å². The molecule has 0 aliphatic carbocycles. The summed E-state index contributed by atoms with van der Waals surface area (Å²) in [7, 11) is 0. The summed E-state index contributed by atoms with van der Waals surface area (Å²) in [4.78, 5) is 23.1. The second kappa shape index (κ2) is 5.74. The summed E-state index contributed by atoms with van der Waals surface area (Å²) in [6.07, 6.45) is 0. The molecule has 5 heteroatoms. The lowest BCUT2D eigenvalue weighted by molar-refractivity contribution is 0.103. The topological polar surface area (TPSA) is 54.9 Å². The third-order valence-corrected chi connectivity index (χ3v) is 4.95. The molecule has 23 heavy (non-hydrogen) atoms. The zero-order valence-electron chi connectivity index (χ0n) is 13.9. The first-order chi connectivity index (χ1) is 10.8. The van der Waals surface area contributed by atoms with E-state index in [1.54, 1.807) is 0 Å². The largest absolute Gasteiger partial charge is 0.321 e. The SMILES string of the molecule is Cc1cc(C)cc(NC(=O)c2sc3nc(C)nc(C)c3c2C)c1. The average Bonchev–Trinajstić information content (AvgIpc) is 2.74. The van der Waals surface area contributed by atoms with Crippen molar-refractivity contribution in [1.82, 2.24) is 9.97 Å². The molecule has 4 nitrogen and oxygen atoms in total. The molecule has 0 saturated heterocycles. The van der Waals surface area contributed by atoms with E-state index in [1.807, 2.05) is 46.8 Å². The molecule has 2 aromatic heterocycles. The molecule has 1 aromatic carbocycles. The van der Waals surface area contributed by atoms with E-state index in [-0.39, 0.29) is 5.91 Å². The molecule has 3 rings (SSSR count). The number of fused-ring (bicyclic) bond motifs is 1. The Kier molecular flexibility index (Phi) is 3.90. The molecule has 1 N–H and O–H groups in total. The van der Waals surface area contributed by atoms with Gasteiger partial charge in [-0.15, -0.1) is 11.3 Å². The van der Waals surface area contributed by atoms with E-state index in [0.717, 1.165) is 44.1 Å². The first-order valence-electron chi connectivity index (χ1n) is 7.49. The van der Waals surface area contributed by atoms with E-state index in [4.69, 9.17) is 0 Å². The minimum Gasteiger partial charge on any atom is -0.321 e. The number of hydrogen-bond donors (Lipinski definition) is 1. The molecule has 0 atom stereocenters. The molecule has 118 valence electrons. The fraction of sp³-hybridized carbons (Fsp3) is 0.278. The van der Waals surface area contributed by atoms with E-state index in [2.05, 4.69) is 21.4 Å². The second-order valence-electron chi connectivity index (χ2n) is 5.92. The van der Waals surface area contributed by atoms with Crippen LogP contribution >= 0.6 is 11.3 Å².